The summed E-state index contributed by atoms with van der Waals surface area (Å²) in [6.07, 6.45) is 0. The SMILES string of the molecule is C=C(C(N)=O)C(C(C)c1ccccc1Cl)S(=O)(=O)O. The molecule has 0 bridgehead atoms. The van der Waals surface area contributed by atoms with Crippen molar-refractivity contribution in [2.45, 2.75) is 18.1 Å². The maximum absolute atomic E-state index is 11.4. The maximum atomic E-state index is 11.4. The smallest absolute Gasteiger partial charge is 0.272 e. The van der Waals surface area contributed by atoms with Crippen molar-refractivity contribution in [3.63, 3.8) is 0 Å². The lowest BCUT2D eigenvalue weighted by molar-refractivity contribution is -0.114. The fraction of sp³-hybridized carbons (Fsp3) is 0.250. The third-order valence-corrected chi connectivity index (χ3v) is 4.51. The Morgan fingerprint density at radius 1 is 1.42 bits per heavy atom. The quantitative estimate of drug-likeness (QED) is 0.639. The van der Waals surface area contributed by atoms with E-state index in [0.29, 0.717) is 10.6 Å². The van der Waals surface area contributed by atoms with Crippen LogP contribution >= 0.6 is 11.6 Å². The Bertz CT molecular complexity index is 612. The van der Waals surface area contributed by atoms with Crippen molar-refractivity contribution < 1.29 is 17.8 Å². The lowest BCUT2D eigenvalue weighted by Gasteiger charge is -2.23. The molecule has 0 saturated heterocycles. The molecule has 0 aliphatic heterocycles. The van der Waals surface area contributed by atoms with Crippen LogP contribution in [0.5, 0.6) is 0 Å². The van der Waals surface area contributed by atoms with Crippen LogP contribution < -0.4 is 5.73 Å². The van der Waals surface area contributed by atoms with Crippen molar-refractivity contribution in [3.8, 4) is 0 Å². The van der Waals surface area contributed by atoms with E-state index >= 15 is 0 Å². The second kappa shape index (κ2) is 5.73. The summed E-state index contributed by atoms with van der Waals surface area (Å²) in [5.41, 5.74) is 5.14. The molecule has 0 aliphatic rings. The van der Waals surface area contributed by atoms with E-state index < -0.39 is 27.2 Å². The summed E-state index contributed by atoms with van der Waals surface area (Å²) in [4.78, 5) is 11.1. The first-order valence-corrected chi connectivity index (χ1v) is 7.23. The first-order valence-electron chi connectivity index (χ1n) is 5.35. The lowest BCUT2D eigenvalue weighted by Crippen LogP contribution is -2.34. The van der Waals surface area contributed by atoms with E-state index in [1.165, 1.54) is 6.92 Å². The van der Waals surface area contributed by atoms with E-state index in [1.807, 2.05) is 0 Å². The van der Waals surface area contributed by atoms with Crippen molar-refractivity contribution in [2.24, 2.45) is 5.73 Å². The predicted octanol–water partition coefficient (Wildman–Crippen LogP) is 1.74. The van der Waals surface area contributed by atoms with Crippen LogP contribution in [-0.2, 0) is 14.9 Å². The summed E-state index contributed by atoms with van der Waals surface area (Å²) in [5.74, 6) is -1.75. The van der Waals surface area contributed by atoms with Gasteiger partial charge in [-0.05, 0) is 11.6 Å². The number of nitrogens with two attached hydrogens (primary N) is 1. The fourth-order valence-corrected chi connectivity index (χ4v) is 3.33. The van der Waals surface area contributed by atoms with Crippen LogP contribution in [0.15, 0.2) is 36.4 Å². The van der Waals surface area contributed by atoms with Crippen LogP contribution in [0.4, 0.5) is 0 Å². The molecule has 0 aliphatic carbocycles. The Balaban J connectivity index is 3.32. The zero-order valence-electron chi connectivity index (χ0n) is 10.2. The van der Waals surface area contributed by atoms with Gasteiger partial charge in [-0.2, -0.15) is 8.42 Å². The minimum Gasteiger partial charge on any atom is -0.366 e. The van der Waals surface area contributed by atoms with E-state index in [4.69, 9.17) is 17.3 Å². The molecule has 1 aromatic carbocycles. The van der Waals surface area contributed by atoms with Crippen LogP contribution in [-0.4, -0.2) is 24.1 Å². The summed E-state index contributed by atoms with van der Waals surface area (Å²) in [6, 6.07) is 6.55. The van der Waals surface area contributed by atoms with Gasteiger partial charge in [-0.25, -0.2) is 0 Å². The molecule has 0 radical (unpaired) electrons. The van der Waals surface area contributed by atoms with E-state index in [9.17, 15) is 17.8 Å². The molecule has 1 amide bonds. The number of benzene rings is 1. The summed E-state index contributed by atoms with van der Waals surface area (Å²) in [6.45, 7) is 4.86. The highest BCUT2D eigenvalue weighted by Crippen LogP contribution is 2.32. The second-order valence-corrected chi connectivity index (χ2v) is 6.08. The van der Waals surface area contributed by atoms with Gasteiger partial charge in [0.2, 0.25) is 5.91 Å². The molecule has 2 atom stereocenters. The number of amides is 1. The molecule has 0 heterocycles. The first-order chi connectivity index (χ1) is 8.66. The number of rotatable bonds is 5. The average molecular weight is 304 g/mol. The van der Waals surface area contributed by atoms with Crippen LogP contribution in [0.25, 0.3) is 0 Å². The Morgan fingerprint density at radius 3 is 2.37 bits per heavy atom. The number of hydrogen-bond donors (Lipinski definition) is 2. The van der Waals surface area contributed by atoms with E-state index in [-0.39, 0.29) is 5.57 Å². The van der Waals surface area contributed by atoms with Gasteiger partial charge in [0.15, 0.2) is 0 Å². The van der Waals surface area contributed by atoms with Gasteiger partial charge in [0, 0.05) is 16.5 Å². The van der Waals surface area contributed by atoms with Crippen molar-refractivity contribution >= 4 is 27.6 Å². The molecule has 1 aromatic rings. The fourth-order valence-electron chi connectivity index (χ4n) is 1.89. The predicted molar refractivity (Wildman–Crippen MR) is 73.5 cm³/mol. The van der Waals surface area contributed by atoms with Crippen LogP contribution in [0.2, 0.25) is 5.02 Å². The van der Waals surface area contributed by atoms with Gasteiger partial charge in [0.1, 0.15) is 5.25 Å². The van der Waals surface area contributed by atoms with E-state index in [2.05, 4.69) is 6.58 Å². The van der Waals surface area contributed by atoms with Gasteiger partial charge in [-0.15, -0.1) is 0 Å². The van der Waals surface area contributed by atoms with Crippen molar-refractivity contribution in [1.82, 2.24) is 0 Å². The van der Waals surface area contributed by atoms with Crippen molar-refractivity contribution in [2.75, 3.05) is 0 Å². The van der Waals surface area contributed by atoms with Crippen LogP contribution in [0, 0.1) is 0 Å². The maximum Gasteiger partial charge on any atom is 0.272 e. The summed E-state index contributed by atoms with van der Waals surface area (Å²) < 4.78 is 32.2. The molecular formula is C12H14ClNO4S. The van der Waals surface area contributed by atoms with Gasteiger partial charge in [-0.3, -0.25) is 9.35 Å². The summed E-state index contributed by atoms with van der Waals surface area (Å²) in [7, 11) is -4.53. The molecule has 2 unspecified atom stereocenters. The molecular weight excluding hydrogens is 290 g/mol. The summed E-state index contributed by atoms with van der Waals surface area (Å²) >= 11 is 5.98. The lowest BCUT2D eigenvalue weighted by atomic mass is 9.93. The second-order valence-electron chi connectivity index (χ2n) is 4.14. The molecule has 0 spiro atoms. The largest absolute Gasteiger partial charge is 0.366 e. The standard InChI is InChI=1S/C12H14ClNO4S/c1-7(9-5-3-4-6-10(9)13)11(19(16,17)18)8(2)12(14)15/h3-7,11H,2H2,1H3,(H2,14,15)(H,16,17,18). The highest BCUT2D eigenvalue weighted by atomic mass is 35.5. The van der Waals surface area contributed by atoms with Crippen molar-refractivity contribution in [3.05, 3.63) is 47.0 Å². The summed E-state index contributed by atoms with van der Waals surface area (Å²) in [5, 5.41) is -1.19. The third kappa shape index (κ3) is 3.56. The number of halogens is 1. The number of carbonyl (C=O) groups excluding carboxylic acids is 1. The van der Waals surface area contributed by atoms with Gasteiger partial charge in [0.25, 0.3) is 10.1 Å². The molecule has 19 heavy (non-hydrogen) atoms. The Kier molecular flexibility index (Phi) is 4.73. The molecule has 1 rings (SSSR count). The zero-order chi connectivity index (χ0) is 14.8. The van der Waals surface area contributed by atoms with Gasteiger partial charge in [-0.1, -0.05) is 43.3 Å². The Morgan fingerprint density at radius 2 is 1.95 bits per heavy atom. The van der Waals surface area contributed by atoms with Crippen LogP contribution in [0.1, 0.15) is 18.4 Å². The topological polar surface area (TPSA) is 97.5 Å². The number of hydrogen-bond acceptors (Lipinski definition) is 3. The molecule has 104 valence electrons. The van der Waals surface area contributed by atoms with Crippen LogP contribution in [0.3, 0.4) is 0 Å². The Hall–Kier alpha value is -1.37. The molecule has 7 heteroatoms. The number of carbonyl (C=O) groups is 1. The normalized spacial score (nSPS) is 14.7. The first kappa shape index (κ1) is 15.7. The zero-order valence-corrected chi connectivity index (χ0v) is 11.8. The third-order valence-electron chi connectivity index (χ3n) is 2.83. The van der Waals surface area contributed by atoms with Gasteiger partial charge >= 0.3 is 0 Å². The average Bonchev–Trinajstić information content (AvgIpc) is 2.27. The minimum absolute atomic E-state index is 0.334. The molecule has 0 fully saturated rings. The Labute approximate surface area is 116 Å². The van der Waals surface area contributed by atoms with E-state index in [0.717, 1.165) is 0 Å². The minimum atomic E-state index is -4.53. The highest BCUT2D eigenvalue weighted by molar-refractivity contribution is 7.86. The van der Waals surface area contributed by atoms with Crippen molar-refractivity contribution in [1.29, 1.82) is 0 Å². The van der Waals surface area contributed by atoms with Gasteiger partial charge in [0.05, 0.1) is 0 Å². The molecule has 3 N–H and O–H groups in total. The molecule has 0 saturated carbocycles. The number of primary amides is 1. The molecule has 0 aromatic heterocycles. The highest BCUT2D eigenvalue weighted by Gasteiger charge is 2.35. The van der Waals surface area contributed by atoms with E-state index in [1.54, 1.807) is 24.3 Å². The van der Waals surface area contributed by atoms with Gasteiger partial charge < -0.3 is 5.73 Å². The monoisotopic (exact) mass is 303 g/mol. The molecule has 5 nitrogen and oxygen atoms in total.